The van der Waals surface area contributed by atoms with E-state index in [-0.39, 0.29) is 11.9 Å². The number of nitrogens with zero attached hydrogens (tertiary/aromatic N) is 1. The highest BCUT2D eigenvalue weighted by Gasteiger charge is 2.30. The first-order valence-electron chi connectivity index (χ1n) is 10.1. The fraction of sp³-hybridized carbons (Fsp3) is 0.333. The molecule has 0 fully saturated rings. The number of alkyl halides is 3. The molecule has 0 unspecified atom stereocenters. The van der Waals surface area contributed by atoms with Crippen LogP contribution in [0.25, 0.3) is 11.5 Å². The third-order valence-electron chi connectivity index (χ3n) is 5.11. The predicted octanol–water partition coefficient (Wildman–Crippen LogP) is 6.22. The second-order valence-corrected chi connectivity index (χ2v) is 7.47. The first kappa shape index (κ1) is 23.4. The number of ether oxygens (including phenoxy) is 2. The molecule has 5 nitrogen and oxygen atoms in total. The van der Waals surface area contributed by atoms with Crippen LogP contribution in [0.15, 0.2) is 46.9 Å². The van der Waals surface area contributed by atoms with Crippen LogP contribution in [-0.4, -0.2) is 18.1 Å². The van der Waals surface area contributed by atoms with E-state index < -0.39 is 17.8 Å². The number of halogens is 3. The van der Waals surface area contributed by atoms with Crippen molar-refractivity contribution < 1.29 is 31.9 Å². The van der Waals surface area contributed by atoms with Crippen LogP contribution in [0.1, 0.15) is 47.6 Å². The summed E-state index contributed by atoms with van der Waals surface area (Å²) in [4.78, 5) is 15.7. The van der Waals surface area contributed by atoms with Crippen molar-refractivity contribution in [3.63, 3.8) is 0 Å². The maximum Gasteiger partial charge on any atom is 0.416 e. The van der Waals surface area contributed by atoms with Gasteiger partial charge in [0.25, 0.3) is 0 Å². The fourth-order valence-electron chi connectivity index (χ4n) is 3.33. The molecule has 32 heavy (non-hydrogen) atoms. The lowest BCUT2D eigenvalue weighted by atomic mass is 10.0. The van der Waals surface area contributed by atoms with E-state index in [2.05, 4.69) is 9.72 Å². The molecule has 170 valence electrons. The Kier molecular flexibility index (Phi) is 6.91. The first-order chi connectivity index (χ1) is 15.1. The monoisotopic (exact) mass is 447 g/mol. The van der Waals surface area contributed by atoms with Gasteiger partial charge in [0, 0.05) is 12.0 Å². The standard InChI is InChI=1S/C24H24F3NO4/c1-14-13-20(11-7-17(14)8-12-21(29)30-4)31-16(3)22-15(2)28-23(32-22)18-5-9-19(10-6-18)24(25,26)27/h5-7,9-11,13,16H,8,12H2,1-4H3/t16-/m1/s1. The second kappa shape index (κ2) is 9.46. The molecule has 0 spiro atoms. The third-order valence-corrected chi connectivity index (χ3v) is 5.11. The molecule has 1 atom stereocenters. The van der Waals surface area contributed by atoms with Gasteiger partial charge in [-0.15, -0.1) is 0 Å². The fourth-order valence-corrected chi connectivity index (χ4v) is 3.33. The Balaban J connectivity index is 1.72. The highest BCUT2D eigenvalue weighted by molar-refractivity contribution is 5.69. The number of oxazole rings is 1. The third kappa shape index (κ3) is 5.49. The van der Waals surface area contributed by atoms with Gasteiger partial charge >= 0.3 is 12.1 Å². The van der Waals surface area contributed by atoms with E-state index in [1.165, 1.54) is 19.2 Å². The highest BCUT2D eigenvalue weighted by Crippen LogP contribution is 2.33. The number of hydrogen-bond acceptors (Lipinski definition) is 5. The minimum atomic E-state index is -4.40. The molecule has 0 N–H and O–H groups in total. The summed E-state index contributed by atoms with van der Waals surface area (Å²) in [6.07, 6.45) is -3.98. The van der Waals surface area contributed by atoms with Crippen LogP contribution >= 0.6 is 0 Å². The minimum absolute atomic E-state index is 0.232. The summed E-state index contributed by atoms with van der Waals surface area (Å²) in [5.41, 5.74) is 2.32. The maximum absolute atomic E-state index is 12.8. The van der Waals surface area contributed by atoms with Gasteiger partial charge in [-0.25, -0.2) is 4.98 Å². The summed E-state index contributed by atoms with van der Waals surface area (Å²) in [6.45, 7) is 5.50. The lowest BCUT2D eigenvalue weighted by Gasteiger charge is -2.15. The summed E-state index contributed by atoms with van der Waals surface area (Å²) in [7, 11) is 1.36. The zero-order valence-corrected chi connectivity index (χ0v) is 18.2. The number of rotatable bonds is 7. The van der Waals surface area contributed by atoms with Crippen LogP contribution in [0, 0.1) is 13.8 Å². The minimum Gasteiger partial charge on any atom is -0.483 e. The predicted molar refractivity (Wildman–Crippen MR) is 112 cm³/mol. The SMILES string of the molecule is COC(=O)CCc1ccc(O[C@H](C)c2oc(-c3ccc(C(F)(F)F)cc3)nc2C)cc1C. The smallest absolute Gasteiger partial charge is 0.416 e. The summed E-state index contributed by atoms with van der Waals surface area (Å²) in [5.74, 6) is 1.09. The quantitative estimate of drug-likeness (QED) is 0.402. The maximum atomic E-state index is 12.8. The molecule has 0 saturated heterocycles. The van der Waals surface area contributed by atoms with Crippen molar-refractivity contribution in [2.45, 2.75) is 45.9 Å². The zero-order valence-electron chi connectivity index (χ0n) is 18.2. The highest BCUT2D eigenvalue weighted by atomic mass is 19.4. The molecule has 3 aromatic rings. The molecule has 0 saturated carbocycles. The Hall–Kier alpha value is -3.29. The van der Waals surface area contributed by atoms with E-state index in [0.717, 1.165) is 23.3 Å². The normalized spacial score (nSPS) is 12.5. The van der Waals surface area contributed by atoms with Gasteiger partial charge in [0.05, 0.1) is 18.4 Å². The van der Waals surface area contributed by atoms with Crippen LogP contribution in [0.3, 0.4) is 0 Å². The number of hydrogen-bond donors (Lipinski definition) is 0. The van der Waals surface area contributed by atoms with Crippen molar-refractivity contribution in [3.8, 4) is 17.2 Å². The van der Waals surface area contributed by atoms with Crippen LogP contribution in [0.5, 0.6) is 5.75 Å². The van der Waals surface area contributed by atoms with Crippen LogP contribution in [0.4, 0.5) is 13.2 Å². The molecule has 0 radical (unpaired) electrons. The zero-order chi connectivity index (χ0) is 23.5. The molecule has 0 aliphatic carbocycles. The summed E-state index contributed by atoms with van der Waals surface area (Å²) >= 11 is 0. The number of methoxy groups -OCH3 is 1. The first-order valence-corrected chi connectivity index (χ1v) is 10.1. The summed E-state index contributed by atoms with van der Waals surface area (Å²) in [5, 5.41) is 0. The van der Waals surface area contributed by atoms with Gasteiger partial charge in [-0.1, -0.05) is 6.07 Å². The Morgan fingerprint density at radius 1 is 1.12 bits per heavy atom. The second-order valence-electron chi connectivity index (χ2n) is 7.47. The van der Waals surface area contributed by atoms with Crippen molar-refractivity contribution in [2.75, 3.05) is 7.11 Å². The summed E-state index contributed by atoms with van der Waals surface area (Å²) < 4.78 is 54.8. The molecule has 0 aliphatic rings. The van der Waals surface area contributed by atoms with Gasteiger partial charge in [-0.3, -0.25) is 4.79 Å². The lowest BCUT2D eigenvalue weighted by Crippen LogP contribution is -2.05. The number of carbonyl (C=O) groups is 1. The van der Waals surface area contributed by atoms with E-state index in [1.54, 1.807) is 6.92 Å². The molecule has 0 aliphatic heterocycles. The Morgan fingerprint density at radius 3 is 2.41 bits per heavy atom. The lowest BCUT2D eigenvalue weighted by molar-refractivity contribution is -0.140. The van der Waals surface area contributed by atoms with Crippen molar-refractivity contribution in [3.05, 3.63) is 70.6 Å². The molecule has 1 aromatic heterocycles. The summed E-state index contributed by atoms with van der Waals surface area (Å²) in [6, 6.07) is 10.3. The topological polar surface area (TPSA) is 61.6 Å². The van der Waals surface area contributed by atoms with Gasteiger partial charge < -0.3 is 13.9 Å². The number of aromatic nitrogens is 1. The Morgan fingerprint density at radius 2 is 1.81 bits per heavy atom. The van der Waals surface area contributed by atoms with Gasteiger partial charge in [-0.2, -0.15) is 13.2 Å². The van der Waals surface area contributed by atoms with Gasteiger partial charge in [0.2, 0.25) is 5.89 Å². The van der Waals surface area contributed by atoms with Crippen LogP contribution < -0.4 is 4.74 Å². The molecule has 1 heterocycles. The largest absolute Gasteiger partial charge is 0.483 e. The Bertz CT molecular complexity index is 1090. The number of aryl methyl sites for hydroxylation is 3. The van der Waals surface area contributed by atoms with Crippen LogP contribution in [-0.2, 0) is 22.1 Å². The van der Waals surface area contributed by atoms with E-state index in [9.17, 15) is 18.0 Å². The van der Waals surface area contributed by atoms with Crippen molar-refractivity contribution in [1.82, 2.24) is 4.98 Å². The number of esters is 1. The van der Waals surface area contributed by atoms with E-state index >= 15 is 0 Å². The average Bonchev–Trinajstić information content (AvgIpc) is 3.14. The molecule has 2 aromatic carbocycles. The van der Waals surface area contributed by atoms with E-state index in [0.29, 0.717) is 35.6 Å². The molecular weight excluding hydrogens is 423 g/mol. The molecule has 3 rings (SSSR count). The number of benzene rings is 2. The molecular formula is C24H24F3NO4. The van der Waals surface area contributed by atoms with Gasteiger partial charge in [0.15, 0.2) is 11.9 Å². The van der Waals surface area contributed by atoms with Crippen molar-refractivity contribution >= 4 is 5.97 Å². The van der Waals surface area contributed by atoms with Crippen molar-refractivity contribution in [1.29, 1.82) is 0 Å². The van der Waals surface area contributed by atoms with Gasteiger partial charge in [0.1, 0.15) is 5.75 Å². The van der Waals surface area contributed by atoms with Crippen LogP contribution in [0.2, 0.25) is 0 Å². The van der Waals surface area contributed by atoms with E-state index in [1.807, 2.05) is 32.0 Å². The molecule has 0 amide bonds. The van der Waals surface area contributed by atoms with Crippen molar-refractivity contribution in [2.24, 2.45) is 0 Å². The Labute approximate surface area is 184 Å². The number of carbonyl (C=O) groups excluding carboxylic acids is 1. The molecule has 8 heteroatoms. The van der Waals surface area contributed by atoms with E-state index in [4.69, 9.17) is 9.15 Å². The average molecular weight is 447 g/mol. The molecule has 0 bridgehead atoms. The van der Waals surface area contributed by atoms with Gasteiger partial charge in [-0.05, 0) is 74.7 Å².